The summed E-state index contributed by atoms with van der Waals surface area (Å²) in [6.45, 7) is 8.55. The Balaban J connectivity index is 1.24. The van der Waals surface area contributed by atoms with Gasteiger partial charge in [0.2, 0.25) is 0 Å². The predicted octanol–water partition coefficient (Wildman–Crippen LogP) is 7.56. The molecular weight excluding hydrogens is 951 g/mol. The highest BCUT2D eigenvalue weighted by atomic mass is 16.8. The van der Waals surface area contributed by atoms with Gasteiger partial charge in [-0.25, -0.2) is 0 Å². The molecule has 1 N–H and O–H groups in total. The number of hydrogen-bond acceptors (Lipinski definition) is 9. The Kier molecular flexibility index (Phi) is 24.5. The fourth-order valence-corrected chi connectivity index (χ4v) is 7.87. The Morgan fingerprint density at radius 2 is 0.947 bits per heavy atom. The molecule has 380 valence electrons. The lowest BCUT2D eigenvalue weighted by Gasteiger charge is -2.46. The van der Waals surface area contributed by atoms with Gasteiger partial charge >= 0.3 is 0 Å². The van der Waals surface area contributed by atoms with E-state index < -0.39 is 54.5 Å². The average molecular weight is 1010 g/mol. The van der Waals surface area contributed by atoms with E-state index in [1.54, 1.807) is 6.92 Å². The smallest absolute Gasteiger partial charge is 0.297 e. The Hall–Kier alpha value is -8.37. The van der Waals surface area contributed by atoms with E-state index in [1.807, 2.05) is 135 Å². The Morgan fingerprint density at radius 1 is 0.526 bits per heavy atom. The van der Waals surface area contributed by atoms with Crippen molar-refractivity contribution < 1.29 is 42.7 Å². The topological polar surface area (TPSA) is 103 Å². The molecule has 0 saturated carbocycles. The summed E-state index contributed by atoms with van der Waals surface area (Å²) in [7, 11) is 0. The second-order valence-electron chi connectivity index (χ2n) is 17.3. The third-order valence-corrected chi connectivity index (χ3v) is 11.2. The molecule has 0 aliphatic carbocycles. The summed E-state index contributed by atoms with van der Waals surface area (Å²) in [5.74, 6) is 49.7. The van der Waals surface area contributed by atoms with E-state index in [-0.39, 0.29) is 39.1 Å². The van der Waals surface area contributed by atoms with Crippen molar-refractivity contribution in [2.24, 2.45) is 0 Å². The lowest BCUT2D eigenvalue weighted by molar-refractivity contribution is -0.329. The van der Waals surface area contributed by atoms with E-state index in [2.05, 4.69) is 131 Å². The zero-order chi connectivity index (χ0) is 53.3. The van der Waals surface area contributed by atoms with E-state index in [1.165, 1.54) is 0 Å². The SMILES string of the molecule is CC#CC#CC#CC#CC#CC#CC#CC#CC#CC#CC(=O)N[C@@H](COC1OC(COCc2ccccc2)C(OCc2ccccc2)C(OCc2ccccc2)C1OCc1ccccc1)[C@@H]1OC(C)(C)O[C@@H]1CCC. The van der Waals surface area contributed by atoms with Crippen molar-refractivity contribution in [2.75, 3.05) is 13.2 Å². The number of rotatable bonds is 20. The van der Waals surface area contributed by atoms with Crippen LogP contribution in [0.15, 0.2) is 121 Å². The van der Waals surface area contributed by atoms with Crippen LogP contribution in [0.4, 0.5) is 0 Å². The van der Waals surface area contributed by atoms with Crippen LogP contribution in [0.5, 0.6) is 0 Å². The summed E-state index contributed by atoms with van der Waals surface area (Å²) in [5.41, 5.74) is 3.88. The molecule has 2 fully saturated rings. The van der Waals surface area contributed by atoms with Gasteiger partial charge in [0, 0.05) is 17.8 Å². The van der Waals surface area contributed by atoms with Crippen LogP contribution >= 0.6 is 0 Å². The molecule has 2 aliphatic heterocycles. The molecule has 0 radical (unpaired) electrons. The molecule has 2 heterocycles. The number of ether oxygens (including phenoxy) is 8. The summed E-state index contributed by atoms with van der Waals surface area (Å²) in [6.07, 6.45) is -3.57. The highest BCUT2D eigenvalue weighted by Gasteiger charge is 2.51. The van der Waals surface area contributed by atoms with Gasteiger partial charge in [-0.2, -0.15) is 0 Å². The zero-order valence-corrected chi connectivity index (χ0v) is 43.0. The van der Waals surface area contributed by atoms with Crippen LogP contribution < -0.4 is 5.32 Å². The summed E-state index contributed by atoms with van der Waals surface area (Å²) >= 11 is 0. The first-order valence-electron chi connectivity index (χ1n) is 24.8. The molecule has 4 aromatic carbocycles. The minimum absolute atomic E-state index is 0.0936. The van der Waals surface area contributed by atoms with Crippen LogP contribution in [-0.4, -0.2) is 73.9 Å². The van der Waals surface area contributed by atoms with E-state index in [0.717, 1.165) is 28.7 Å². The zero-order valence-electron chi connectivity index (χ0n) is 43.0. The van der Waals surface area contributed by atoms with E-state index in [0.29, 0.717) is 13.0 Å². The highest BCUT2D eigenvalue weighted by molar-refractivity contribution is 5.94. The van der Waals surface area contributed by atoms with Crippen LogP contribution in [0, 0.1) is 118 Å². The summed E-state index contributed by atoms with van der Waals surface area (Å²) in [6, 6.07) is 38.8. The van der Waals surface area contributed by atoms with Crippen LogP contribution in [-0.2, 0) is 69.1 Å². The van der Waals surface area contributed by atoms with Gasteiger partial charge in [-0.15, -0.1) is 0 Å². The third kappa shape index (κ3) is 20.5. The predicted molar refractivity (Wildman–Crippen MR) is 290 cm³/mol. The second kappa shape index (κ2) is 32.7. The number of benzene rings is 4. The van der Waals surface area contributed by atoms with Crippen LogP contribution in [0.3, 0.4) is 0 Å². The molecule has 4 aromatic rings. The molecule has 2 saturated heterocycles. The van der Waals surface area contributed by atoms with Crippen LogP contribution in [0.1, 0.15) is 62.8 Å². The molecule has 10 nitrogen and oxygen atoms in total. The van der Waals surface area contributed by atoms with Crippen molar-refractivity contribution in [3.8, 4) is 118 Å². The minimum atomic E-state index is -1.06. The van der Waals surface area contributed by atoms with Crippen molar-refractivity contribution in [2.45, 2.75) is 122 Å². The van der Waals surface area contributed by atoms with Crippen molar-refractivity contribution in [3.05, 3.63) is 144 Å². The highest BCUT2D eigenvalue weighted by Crippen LogP contribution is 2.35. The van der Waals surface area contributed by atoms with Gasteiger partial charge in [-0.05, 0) is 144 Å². The number of hydrogen-bond donors (Lipinski definition) is 1. The molecule has 0 spiro atoms. The number of carbonyl (C=O) groups excluding carboxylic acids is 1. The first-order valence-corrected chi connectivity index (χ1v) is 24.8. The third-order valence-electron chi connectivity index (χ3n) is 11.2. The van der Waals surface area contributed by atoms with Gasteiger partial charge in [0.1, 0.15) is 30.5 Å². The van der Waals surface area contributed by atoms with E-state index >= 15 is 0 Å². The van der Waals surface area contributed by atoms with Crippen LogP contribution in [0.2, 0.25) is 0 Å². The molecule has 5 unspecified atom stereocenters. The maximum absolute atomic E-state index is 13.7. The van der Waals surface area contributed by atoms with Crippen molar-refractivity contribution in [1.82, 2.24) is 5.32 Å². The largest absolute Gasteiger partial charge is 0.374 e. The molecule has 10 heteroatoms. The summed E-state index contributed by atoms with van der Waals surface area (Å²) in [4.78, 5) is 13.7. The molecule has 0 bridgehead atoms. The summed E-state index contributed by atoms with van der Waals surface area (Å²) in [5, 5.41) is 3.03. The standard InChI is InChI=1S/C66H57NO9/c1-5-7-8-9-10-11-12-13-14-15-16-17-18-19-20-21-22-23-36-46-60(68)67-57(61-58(37-6-2)75-66(3,4)76-61)51-73-65-64(72-50-56-44-34-27-35-45-56)63(71-49-55-42-32-26-33-43-55)62(70-48-54-40-30-25-31-41-54)59(74-65)52-69-47-53-38-28-24-29-39-53/h24-35,38-45,57-59,61-65H,6,37,47-52H2,1-4H3,(H,67,68)/t57-,58+,59?,61-,62?,63?,64?,65?/m0/s1. The average Bonchev–Trinajstić information content (AvgIpc) is 3.76. The Morgan fingerprint density at radius 3 is 1.41 bits per heavy atom. The Bertz CT molecular complexity index is 3170. The first kappa shape index (κ1) is 56.9. The van der Waals surface area contributed by atoms with Crippen molar-refractivity contribution in [1.29, 1.82) is 0 Å². The fraction of sp³-hybridized carbons (Fsp3) is 0.318. The van der Waals surface area contributed by atoms with Gasteiger partial charge in [-0.1, -0.05) is 141 Å². The molecule has 76 heavy (non-hydrogen) atoms. The molecule has 0 aromatic heterocycles. The van der Waals surface area contributed by atoms with Gasteiger partial charge in [0.05, 0.1) is 51.8 Å². The number of amides is 1. The normalized spacial score (nSPS) is 19.6. The maximum Gasteiger partial charge on any atom is 0.297 e. The van der Waals surface area contributed by atoms with Gasteiger partial charge in [0.25, 0.3) is 5.91 Å². The fourth-order valence-electron chi connectivity index (χ4n) is 7.87. The lowest BCUT2D eigenvalue weighted by atomic mass is 9.97. The lowest BCUT2D eigenvalue weighted by Crippen LogP contribution is -2.62. The molecular formula is C66H57NO9. The quantitative estimate of drug-likeness (QED) is 0.0900. The van der Waals surface area contributed by atoms with Gasteiger partial charge < -0.3 is 43.2 Å². The first-order chi connectivity index (χ1) is 37.3. The number of carbonyl (C=O) groups is 1. The van der Waals surface area contributed by atoms with Crippen LogP contribution in [0.25, 0.3) is 0 Å². The molecule has 1 amide bonds. The summed E-state index contributed by atoms with van der Waals surface area (Å²) < 4.78 is 53.7. The van der Waals surface area contributed by atoms with E-state index in [9.17, 15) is 4.79 Å². The van der Waals surface area contributed by atoms with Gasteiger partial charge in [-0.3, -0.25) is 4.79 Å². The van der Waals surface area contributed by atoms with Crippen molar-refractivity contribution in [3.63, 3.8) is 0 Å². The van der Waals surface area contributed by atoms with Crippen molar-refractivity contribution >= 4 is 5.91 Å². The molecule has 6 rings (SSSR count). The number of nitrogens with one attached hydrogen (secondary N) is 1. The maximum atomic E-state index is 13.7. The second-order valence-corrected chi connectivity index (χ2v) is 17.3. The minimum Gasteiger partial charge on any atom is -0.374 e. The monoisotopic (exact) mass is 1010 g/mol. The molecule has 8 atom stereocenters. The van der Waals surface area contributed by atoms with E-state index in [4.69, 9.17) is 37.9 Å². The Labute approximate surface area is 449 Å². The molecule has 2 aliphatic rings. The van der Waals surface area contributed by atoms with Gasteiger partial charge in [0.15, 0.2) is 12.1 Å².